The quantitative estimate of drug-likeness (QED) is 0.891. The number of aromatic nitrogens is 1. The maximum Gasteiger partial charge on any atom is 0.262 e. The summed E-state index contributed by atoms with van der Waals surface area (Å²) in [6.07, 6.45) is 0.464. The maximum atomic E-state index is 15.3. The average molecular weight is 353 g/mol. The van der Waals surface area contributed by atoms with Crippen molar-refractivity contribution >= 4 is 17.5 Å². The van der Waals surface area contributed by atoms with Gasteiger partial charge in [0, 0.05) is 28.9 Å². The SMILES string of the molecule is O=C(NCc1ccc(Cl)cc1F)C1(F)CCC(O)c2ncccc21. The molecule has 2 N–H and O–H groups in total. The van der Waals surface area contributed by atoms with Gasteiger partial charge in [-0.25, -0.2) is 8.78 Å². The number of halogens is 3. The maximum absolute atomic E-state index is 15.3. The number of hydrogen-bond donors (Lipinski definition) is 2. The van der Waals surface area contributed by atoms with Crippen LogP contribution in [0.15, 0.2) is 36.5 Å². The van der Waals surface area contributed by atoms with Crippen molar-refractivity contribution in [3.05, 3.63) is 64.2 Å². The summed E-state index contributed by atoms with van der Waals surface area (Å²) in [4.78, 5) is 16.4. The van der Waals surface area contributed by atoms with E-state index in [2.05, 4.69) is 10.3 Å². The largest absolute Gasteiger partial charge is 0.387 e. The lowest BCUT2D eigenvalue weighted by atomic mass is 9.81. The summed E-state index contributed by atoms with van der Waals surface area (Å²) in [6, 6.07) is 7.01. The highest BCUT2D eigenvalue weighted by Crippen LogP contribution is 2.42. The number of nitrogens with one attached hydrogen (secondary N) is 1. The van der Waals surface area contributed by atoms with Crippen molar-refractivity contribution in [3.63, 3.8) is 0 Å². The molecule has 1 heterocycles. The van der Waals surface area contributed by atoms with Crippen molar-refractivity contribution in [2.75, 3.05) is 0 Å². The Bertz CT molecular complexity index is 787. The van der Waals surface area contributed by atoms with E-state index in [-0.39, 0.29) is 41.2 Å². The van der Waals surface area contributed by atoms with E-state index in [0.717, 1.165) is 6.07 Å². The Morgan fingerprint density at radius 1 is 1.46 bits per heavy atom. The van der Waals surface area contributed by atoms with Crippen LogP contribution in [-0.2, 0) is 17.0 Å². The topological polar surface area (TPSA) is 62.2 Å². The van der Waals surface area contributed by atoms with Crippen molar-refractivity contribution in [1.82, 2.24) is 10.3 Å². The van der Waals surface area contributed by atoms with E-state index < -0.39 is 23.5 Å². The molecule has 0 saturated heterocycles. The van der Waals surface area contributed by atoms with Gasteiger partial charge in [-0.3, -0.25) is 9.78 Å². The molecule has 4 nitrogen and oxygen atoms in total. The number of nitrogens with zero attached hydrogens (tertiary/aromatic N) is 1. The lowest BCUT2D eigenvalue weighted by Gasteiger charge is -2.32. The number of alkyl halides is 1. The second kappa shape index (κ2) is 6.45. The summed E-state index contributed by atoms with van der Waals surface area (Å²) in [7, 11) is 0. The van der Waals surface area contributed by atoms with Crippen molar-refractivity contribution in [2.24, 2.45) is 0 Å². The van der Waals surface area contributed by atoms with Crippen LogP contribution in [0.4, 0.5) is 8.78 Å². The van der Waals surface area contributed by atoms with Crippen molar-refractivity contribution in [1.29, 1.82) is 0 Å². The van der Waals surface area contributed by atoms with Gasteiger partial charge in [-0.2, -0.15) is 0 Å². The minimum atomic E-state index is -2.30. The van der Waals surface area contributed by atoms with Crippen molar-refractivity contribution < 1.29 is 18.7 Å². The summed E-state index contributed by atoms with van der Waals surface area (Å²) in [5, 5.41) is 12.6. The first-order valence-corrected chi connectivity index (χ1v) is 7.84. The first kappa shape index (κ1) is 16.8. The number of benzene rings is 1. The summed E-state index contributed by atoms with van der Waals surface area (Å²) in [6.45, 7) is -0.161. The number of aliphatic hydroxyl groups is 1. The molecule has 2 atom stereocenters. The van der Waals surface area contributed by atoms with E-state index in [4.69, 9.17) is 11.6 Å². The Balaban J connectivity index is 1.81. The van der Waals surface area contributed by atoms with Crippen LogP contribution in [0.25, 0.3) is 0 Å². The third-order valence-corrected chi connectivity index (χ3v) is 4.39. The Morgan fingerprint density at radius 3 is 3.00 bits per heavy atom. The highest BCUT2D eigenvalue weighted by atomic mass is 35.5. The zero-order valence-corrected chi connectivity index (χ0v) is 13.4. The number of aliphatic hydroxyl groups excluding tert-OH is 1. The molecule has 0 fully saturated rings. The number of amides is 1. The van der Waals surface area contributed by atoms with Crippen LogP contribution in [0.3, 0.4) is 0 Å². The monoisotopic (exact) mass is 352 g/mol. The highest BCUT2D eigenvalue weighted by molar-refractivity contribution is 6.30. The van der Waals surface area contributed by atoms with Crippen LogP contribution in [0.2, 0.25) is 5.02 Å². The molecule has 1 amide bonds. The highest BCUT2D eigenvalue weighted by Gasteiger charge is 2.46. The molecule has 1 aromatic carbocycles. The van der Waals surface area contributed by atoms with Gasteiger partial charge < -0.3 is 10.4 Å². The van der Waals surface area contributed by atoms with E-state index in [1.165, 1.54) is 30.5 Å². The molecule has 24 heavy (non-hydrogen) atoms. The predicted molar refractivity (Wildman–Crippen MR) is 84.5 cm³/mol. The lowest BCUT2D eigenvalue weighted by Crippen LogP contribution is -2.44. The fourth-order valence-corrected chi connectivity index (χ4v) is 3.00. The molecule has 0 aliphatic heterocycles. The number of hydrogen-bond acceptors (Lipinski definition) is 3. The minimum absolute atomic E-state index is 0.0535. The molecule has 2 unspecified atom stereocenters. The average Bonchev–Trinajstić information content (AvgIpc) is 2.57. The van der Waals surface area contributed by atoms with Gasteiger partial charge in [0.2, 0.25) is 5.67 Å². The van der Waals surface area contributed by atoms with Crippen LogP contribution in [0.5, 0.6) is 0 Å². The molecule has 1 aliphatic rings. The van der Waals surface area contributed by atoms with Gasteiger partial charge in [0.15, 0.2) is 0 Å². The molecule has 126 valence electrons. The minimum Gasteiger partial charge on any atom is -0.387 e. The van der Waals surface area contributed by atoms with Gasteiger partial charge in [-0.1, -0.05) is 23.7 Å². The lowest BCUT2D eigenvalue weighted by molar-refractivity contribution is -0.135. The molecular weight excluding hydrogens is 338 g/mol. The molecule has 2 aromatic rings. The van der Waals surface area contributed by atoms with Crippen LogP contribution >= 0.6 is 11.6 Å². The standard InChI is InChI=1S/C17H15ClF2N2O2/c18-11-4-3-10(13(19)8-11)9-22-16(24)17(20)6-5-14(23)15-12(17)2-1-7-21-15/h1-4,7-8,14,23H,5-6,9H2,(H,22,24). The van der Waals surface area contributed by atoms with Crippen LogP contribution in [-0.4, -0.2) is 16.0 Å². The number of pyridine rings is 1. The zero-order valence-electron chi connectivity index (χ0n) is 12.6. The van der Waals surface area contributed by atoms with E-state index in [1.54, 1.807) is 0 Å². The Kier molecular flexibility index (Phi) is 4.51. The number of fused-ring (bicyclic) bond motifs is 1. The van der Waals surface area contributed by atoms with Crippen LogP contribution < -0.4 is 5.32 Å². The van der Waals surface area contributed by atoms with Gasteiger partial charge in [0.05, 0.1) is 11.8 Å². The Morgan fingerprint density at radius 2 is 2.25 bits per heavy atom. The molecule has 0 radical (unpaired) electrons. The second-order valence-electron chi connectivity index (χ2n) is 5.71. The van der Waals surface area contributed by atoms with Crippen LogP contribution in [0, 0.1) is 5.82 Å². The molecular formula is C17H15ClF2N2O2. The molecule has 0 saturated carbocycles. The number of carbonyl (C=O) groups excluding carboxylic acids is 1. The summed E-state index contributed by atoms with van der Waals surface area (Å²) in [5.74, 6) is -1.45. The fraction of sp³-hybridized carbons (Fsp3) is 0.294. The molecule has 3 rings (SSSR count). The first-order valence-electron chi connectivity index (χ1n) is 7.46. The van der Waals surface area contributed by atoms with E-state index in [9.17, 15) is 14.3 Å². The smallest absolute Gasteiger partial charge is 0.262 e. The molecule has 1 aromatic heterocycles. The summed E-state index contributed by atoms with van der Waals surface area (Å²) >= 11 is 5.68. The number of carbonyl (C=O) groups is 1. The van der Waals surface area contributed by atoms with Crippen molar-refractivity contribution in [3.8, 4) is 0 Å². The summed E-state index contributed by atoms with van der Waals surface area (Å²) < 4.78 is 29.1. The Labute approximate surface area is 142 Å². The third kappa shape index (κ3) is 2.99. The summed E-state index contributed by atoms with van der Waals surface area (Å²) in [5.41, 5.74) is -1.87. The Hall–Kier alpha value is -2.05. The van der Waals surface area contributed by atoms with Gasteiger partial charge >= 0.3 is 0 Å². The number of rotatable bonds is 3. The molecule has 0 spiro atoms. The molecule has 7 heteroatoms. The van der Waals surface area contributed by atoms with Gasteiger partial charge in [0.25, 0.3) is 5.91 Å². The van der Waals surface area contributed by atoms with Crippen LogP contribution in [0.1, 0.15) is 35.8 Å². The zero-order chi connectivity index (χ0) is 17.3. The predicted octanol–water partition coefficient (Wildman–Crippen LogP) is 3.18. The van der Waals surface area contributed by atoms with E-state index in [0.29, 0.717) is 0 Å². The van der Waals surface area contributed by atoms with Gasteiger partial charge in [-0.15, -0.1) is 0 Å². The second-order valence-corrected chi connectivity index (χ2v) is 6.15. The van der Waals surface area contributed by atoms with Gasteiger partial charge in [0.1, 0.15) is 5.82 Å². The fourth-order valence-electron chi connectivity index (χ4n) is 2.84. The normalized spacial score (nSPS) is 22.8. The van der Waals surface area contributed by atoms with Gasteiger partial charge in [-0.05, 0) is 31.0 Å². The van der Waals surface area contributed by atoms with Crippen molar-refractivity contribution in [2.45, 2.75) is 31.2 Å². The van der Waals surface area contributed by atoms with E-state index >= 15 is 4.39 Å². The first-order chi connectivity index (χ1) is 11.4. The van der Waals surface area contributed by atoms with E-state index in [1.807, 2.05) is 0 Å². The molecule has 0 bridgehead atoms. The molecule has 1 aliphatic carbocycles. The third-order valence-electron chi connectivity index (χ3n) is 4.16.